The first-order valence-corrected chi connectivity index (χ1v) is 9.32. The zero-order valence-corrected chi connectivity index (χ0v) is 16.0. The Morgan fingerprint density at radius 1 is 0.815 bits per heavy atom. The molecule has 0 N–H and O–H groups in total. The number of pyridine rings is 2. The summed E-state index contributed by atoms with van der Waals surface area (Å²) in [6.07, 6.45) is 9.80. The van der Waals surface area contributed by atoms with Crippen molar-refractivity contribution in [3.8, 4) is 0 Å². The van der Waals surface area contributed by atoms with Gasteiger partial charge in [0.2, 0.25) is 11.8 Å². The van der Waals surface area contributed by atoms with E-state index in [-0.39, 0.29) is 11.8 Å². The molecule has 0 saturated heterocycles. The summed E-state index contributed by atoms with van der Waals surface area (Å²) in [4.78, 5) is 37.3. The smallest absolute Gasteiger partial charge is 0.238 e. The Kier molecular flexibility index (Phi) is 5.84. The second-order valence-corrected chi connectivity index (χ2v) is 7.25. The summed E-state index contributed by atoms with van der Waals surface area (Å²) in [7, 11) is 3.57. The van der Waals surface area contributed by atoms with Crippen molar-refractivity contribution in [2.75, 3.05) is 27.2 Å². The molecule has 0 bridgehead atoms. The third kappa shape index (κ3) is 4.51. The number of carbonyl (C=O) groups excluding carboxylic acids is 2. The summed E-state index contributed by atoms with van der Waals surface area (Å²) < 4.78 is 0. The molecule has 1 saturated carbocycles. The molecule has 142 valence electrons. The molecule has 0 atom stereocenters. The molecule has 2 aromatic heterocycles. The molecule has 0 radical (unpaired) electrons. The Labute approximate surface area is 160 Å². The van der Waals surface area contributed by atoms with Crippen LogP contribution in [0.15, 0.2) is 49.1 Å². The first-order chi connectivity index (χ1) is 13.0. The normalized spacial score (nSPS) is 14.4. The topological polar surface area (TPSA) is 66.4 Å². The SMILES string of the molecule is CN(CCc1ccncc1)C(=O)C1(C(=O)N(C)CCc2ccncc2)CC1. The van der Waals surface area contributed by atoms with Gasteiger partial charge in [-0.15, -0.1) is 0 Å². The Morgan fingerprint density at radius 3 is 1.52 bits per heavy atom. The molecule has 2 aromatic rings. The third-order valence-corrected chi connectivity index (χ3v) is 5.23. The predicted octanol–water partition coefficient (Wildman–Crippen LogP) is 1.96. The van der Waals surface area contributed by atoms with Gasteiger partial charge in [0.05, 0.1) is 0 Å². The van der Waals surface area contributed by atoms with Gasteiger partial charge in [-0.2, -0.15) is 0 Å². The van der Waals surface area contributed by atoms with Crippen molar-refractivity contribution >= 4 is 11.8 Å². The van der Waals surface area contributed by atoms with Crippen LogP contribution in [0.3, 0.4) is 0 Å². The van der Waals surface area contributed by atoms with Gasteiger partial charge in [-0.3, -0.25) is 19.6 Å². The van der Waals surface area contributed by atoms with Crippen LogP contribution >= 0.6 is 0 Å². The van der Waals surface area contributed by atoms with E-state index in [1.807, 2.05) is 24.3 Å². The highest BCUT2D eigenvalue weighted by Crippen LogP contribution is 2.48. The molecule has 3 rings (SSSR count). The number of nitrogens with zero attached hydrogens (tertiary/aromatic N) is 4. The quantitative estimate of drug-likeness (QED) is 0.670. The summed E-state index contributed by atoms with van der Waals surface area (Å²) in [5, 5.41) is 0. The van der Waals surface area contributed by atoms with Crippen molar-refractivity contribution in [3.63, 3.8) is 0 Å². The highest BCUT2D eigenvalue weighted by Gasteiger charge is 2.58. The van der Waals surface area contributed by atoms with Crippen LogP contribution in [-0.2, 0) is 22.4 Å². The molecule has 0 aromatic carbocycles. The van der Waals surface area contributed by atoms with Gasteiger partial charge >= 0.3 is 0 Å². The molecule has 0 spiro atoms. The van der Waals surface area contributed by atoms with E-state index in [2.05, 4.69) is 9.97 Å². The standard InChI is InChI=1S/C21H26N4O2/c1-24(15-7-17-3-11-22-12-4-17)19(26)21(9-10-21)20(27)25(2)16-8-18-5-13-23-14-6-18/h3-6,11-14H,7-10,15-16H2,1-2H3. The number of carbonyl (C=O) groups is 2. The first-order valence-electron chi connectivity index (χ1n) is 9.32. The molecule has 2 heterocycles. The van der Waals surface area contributed by atoms with Crippen molar-refractivity contribution < 1.29 is 9.59 Å². The first kappa shape index (κ1) is 19.0. The fraction of sp³-hybridized carbons (Fsp3) is 0.429. The third-order valence-electron chi connectivity index (χ3n) is 5.23. The largest absolute Gasteiger partial charge is 0.344 e. The van der Waals surface area contributed by atoms with Crippen LogP contribution in [0.1, 0.15) is 24.0 Å². The summed E-state index contributed by atoms with van der Waals surface area (Å²) in [5.41, 5.74) is 1.42. The van der Waals surface area contributed by atoms with E-state index in [4.69, 9.17) is 0 Å². The number of amides is 2. The van der Waals surface area contributed by atoms with Gasteiger partial charge in [0.25, 0.3) is 0 Å². The fourth-order valence-corrected chi connectivity index (χ4v) is 3.27. The van der Waals surface area contributed by atoms with Crippen molar-refractivity contribution in [2.45, 2.75) is 25.7 Å². The maximum atomic E-state index is 12.9. The van der Waals surface area contributed by atoms with E-state index in [9.17, 15) is 9.59 Å². The molecule has 0 unspecified atom stereocenters. The van der Waals surface area contributed by atoms with E-state index < -0.39 is 5.41 Å². The van der Waals surface area contributed by atoms with E-state index in [0.717, 1.165) is 24.0 Å². The molecular weight excluding hydrogens is 340 g/mol. The van der Waals surface area contributed by atoms with Crippen LogP contribution in [0.4, 0.5) is 0 Å². The van der Waals surface area contributed by atoms with Gasteiger partial charge in [-0.05, 0) is 61.1 Å². The van der Waals surface area contributed by atoms with Crippen LogP contribution in [0.5, 0.6) is 0 Å². The lowest BCUT2D eigenvalue weighted by Crippen LogP contribution is -2.45. The predicted molar refractivity (Wildman–Crippen MR) is 103 cm³/mol. The zero-order valence-electron chi connectivity index (χ0n) is 16.0. The van der Waals surface area contributed by atoms with Crippen molar-refractivity contribution in [2.24, 2.45) is 5.41 Å². The van der Waals surface area contributed by atoms with E-state index in [0.29, 0.717) is 25.9 Å². The van der Waals surface area contributed by atoms with Crippen molar-refractivity contribution in [1.29, 1.82) is 0 Å². The van der Waals surface area contributed by atoms with Crippen molar-refractivity contribution in [1.82, 2.24) is 19.8 Å². The minimum absolute atomic E-state index is 0.0580. The molecule has 27 heavy (non-hydrogen) atoms. The minimum atomic E-state index is -0.847. The summed E-state index contributed by atoms with van der Waals surface area (Å²) in [5.74, 6) is -0.116. The molecule has 1 aliphatic carbocycles. The second kappa shape index (κ2) is 8.29. The van der Waals surface area contributed by atoms with Crippen LogP contribution in [0, 0.1) is 5.41 Å². The van der Waals surface area contributed by atoms with Gasteiger partial charge in [-0.25, -0.2) is 0 Å². The maximum Gasteiger partial charge on any atom is 0.238 e. The minimum Gasteiger partial charge on any atom is -0.344 e. The van der Waals surface area contributed by atoms with Crippen LogP contribution in [0.2, 0.25) is 0 Å². The lowest BCUT2D eigenvalue weighted by atomic mass is 10.0. The summed E-state index contributed by atoms with van der Waals surface area (Å²) in [6.45, 7) is 1.19. The maximum absolute atomic E-state index is 12.9. The van der Waals surface area contributed by atoms with E-state index in [1.165, 1.54) is 0 Å². The Balaban J connectivity index is 1.54. The molecule has 1 aliphatic rings. The van der Waals surface area contributed by atoms with Gasteiger partial charge in [0.1, 0.15) is 5.41 Å². The van der Waals surface area contributed by atoms with Crippen LogP contribution in [-0.4, -0.2) is 58.8 Å². The average Bonchev–Trinajstić information content (AvgIpc) is 3.52. The lowest BCUT2D eigenvalue weighted by Gasteiger charge is -2.27. The Morgan fingerprint density at radius 2 is 1.19 bits per heavy atom. The number of aromatic nitrogens is 2. The summed E-state index contributed by atoms with van der Waals surface area (Å²) >= 11 is 0. The number of hydrogen-bond acceptors (Lipinski definition) is 4. The fourth-order valence-electron chi connectivity index (χ4n) is 3.27. The van der Waals surface area contributed by atoms with E-state index in [1.54, 1.807) is 48.7 Å². The van der Waals surface area contributed by atoms with Crippen molar-refractivity contribution in [3.05, 3.63) is 60.2 Å². The van der Waals surface area contributed by atoms with Gasteiger partial charge in [0, 0.05) is 52.0 Å². The van der Waals surface area contributed by atoms with Gasteiger partial charge < -0.3 is 9.80 Å². The van der Waals surface area contributed by atoms with Gasteiger partial charge in [0.15, 0.2) is 0 Å². The average molecular weight is 366 g/mol. The monoisotopic (exact) mass is 366 g/mol. The van der Waals surface area contributed by atoms with E-state index >= 15 is 0 Å². The zero-order chi connectivity index (χ0) is 19.3. The Bertz CT molecular complexity index is 712. The number of rotatable bonds is 8. The van der Waals surface area contributed by atoms with Gasteiger partial charge in [-0.1, -0.05) is 0 Å². The summed E-state index contributed by atoms with van der Waals surface area (Å²) in [6, 6.07) is 7.79. The van der Waals surface area contributed by atoms with Crippen LogP contribution < -0.4 is 0 Å². The molecule has 6 heteroatoms. The molecule has 6 nitrogen and oxygen atoms in total. The number of likely N-dealkylation sites (N-methyl/N-ethyl adjacent to an activating group) is 2. The highest BCUT2D eigenvalue weighted by atomic mass is 16.2. The molecule has 1 fully saturated rings. The lowest BCUT2D eigenvalue weighted by molar-refractivity contribution is -0.148. The molecule has 0 aliphatic heterocycles. The Hall–Kier alpha value is -2.76. The van der Waals surface area contributed by atoms with Crippen LogP contribution in [0.25, 0.3) is 0 Å². The number of hydrogen-bond donors (Lipinski definition) is 0. The molecule has 2 amide bonds. The molecular formula is C21H26N4O2. The highest BCUT2D eigenvalue weighted by molar-refractivity contribution is 6.07. The second-order valence-electron chi connectivity index (χ2n) is 7.25.